The third-order valence-electron chi connectivity index (χ3n) is 5.32. The maximum Gasteiger partial charge on any atom is 0.171 e. The number of halogens is 4. The van der Waals surface area contributed by atoms with Crippen LogP contribution in [0.1, 0.15) is 0 Å². The minimum atomic E-state index is -1.13. The lowest BCUT2D eigenvalue weighted by molar-refractivity contribution is 0.561. The van der Waals surface area contributed by atoms with Crippen LogP contribution in [0.15, 0.2) is 33.1 Å². The van der Waals surface area contributed by atoms with Gasteiger partial charge in [0.15, 0.2) is 22.8 Å². The van der Waals surface area contributed by atoms with Crippen molar-refractivity contribution in [3.8, 4) is 24.3 Å². The number of hydrogen-bond donors (Lipinski definition) is 0. The third kappa shape index (κ3) is 2.57. The summed E-state index contributed by atoms with van der Waals surface area (Å²) in [6.07, 6.45) is 0. The summed E-state index contributed by atoms with van der Waals surface area (Å²) in [4.78, 5) is 0. The fourth-order valence-electron chi connectivity index (χ4n) is 4.08. The predicted molar refractivity (Wildman–Crippen MR) is 109 cm³/mol. The van der Waals surface area contributed by atoms with E-state index in [1.807, 2.05) is 0 Å². The molecule has 6 nitrogen and oxygen atoms in total. The Morgan fingerprint density at radius 2 is 0.912 bits per heavy atom. The fraction of sp³-hybridized carbons (Fsp3) is 0. The van der Waals surface area contributed by atoms with E-state index in [-0.39, 0.29) is 43.1 Å². The van der Waals surface area contributed by atoms with Gasteiger partial charge in [-0.2, -0.15) is 21.0 Å². The second kappa shape index (κ2) is 7.10. The number of fused-ring (bicyclic) bond motifs is 6. The van der Waals surface area contributed by atoms with Crippen LogP contribution in [0.4, 0.5) is 17.6 Å². The first-order valence-corrected chi connectivity index (χ1v) is 9.28. The van der Waals surface area contributed by atoms with Gasteiger partial charge in [-0.25, -0.2) is 17.6 Å². The Hall–Kier alpha value is -5.32. The topological polar surface area (TPSA) is 121 Å². The first kappa shape index (κ1) is 20.6. The summed E-state index contributed by atoms with van der Waals surface area (Å²) in [6.45, 7) is 0. The largest absolute Gasteiger partial charge is 0.452 e. The smallest absolute Gasteiger partial charge is 0.171 e. The van der Waals surface area contributed by atoms with Crippen LogP contribution >= 0.6 is 0 Å². The first-order chi connectivity index (χ1) is 16.3. The predicted octanol–water partition coefficient (Wildman–Crippen LogP) is 4.44. The van der Waals surface area contributed by atoms with E-state index in [9.17, 15) is 38.6 Å². The lowest BCUT2D eigenvalue weighted by Gasteiger charge is -1.99. The van der Waals surface area contributed by atoms with Crippen LogP contribution in [0.25, 0.3) is 55.0 Å². The minimum Gasteiger partial charge on any atom is -0.452 e. The molecule has 0 aliphatic heterocycles. The summed E-state index contributed by atoms with van der Waals surface area (Å²) >= 11 is 0. The SMILES string of the molecule is N#CC(C#N)=c1c2oc3c(F)cc(F)cc3c2c(=C(C#N)C#N)c2oc3c(F)cc(F)cc3c12. The van der Waals surface area contributed by atoms with E-state index < -0.39 is 45.6 Å². The Kier molecular flexibility index (Phi) is 4.30. The zero-order valence-electron chi connectivity index (χ0n) is 16.4. The van der Waals surface area contributed by atoms with E-state index in [0.717, 1.165) is 12.1 Å². The summed E-state index contributed by atoms with van der Waals surface area (Å²) < 4.78 is 68.6. The van der Waals surface area contributed by atoms with E-state index in [4.69, 9.17) is 8.83 Å². The quantitative estimate of drug-likeness (QED) is 0.318. The van der Waals surface area contributed by atoms with Gasteiger partial charge in [-0.05, 0) is 12.1 Å². The van der Waals surface area contributed by atoms with Crippen molar-refractivity contribution >= 4 is 55.0 Å². The Morgan fingerprint density at radius 3 is 1.24 bits per heavy atom. The number of nitrogens with zero attached hydrogens (tertiary/aromatic N) is 4. The van der Waals surface area contributed by atoms with E-state index >= 15 is 0 Å². The highest BCUT2D eigenvalue weighted by Crippen LogP contribution is 2.34. The molecule has 0 amide bonds. The molecule has 0 bridgehead atoms. The van der Waals surface area contributed by atoms with Gasteiger partial charge in [0.1, 0.15) is 58.2 Å². The maximum atomic E-state index is 14.6. The Labute approximate surface area is 185 Å². The van der Waals surface area contributed by atoms with Gasteiger partial charge in [-0.1, -0.05) is 0 Å². The average Bonchev–Trinajstić information content (AvgIpc) is 3.36. The lowest BCUT2D eigenvalue weighted by atomic mass is 9.98. The number of benzene rings is 3. The van der Waals surface area contributed by atoms with Gasteiger partial charge in [0.05, 0.1) is 10.4 Å². The summed E-state index contributed by atoms with van der Waals surface area (Å²) in [5.74, 6) is -4.29. The molecule has 5 rings (SSSR count). The van der Waals surface area contributed by atoms with Crippen molar-refractivity contribution in [3.63, 3.8) is 0 Å². The summed E-state index contributed by atoms with van der Waals surface area (Å²) in [5.41, 5.74) is -2.89. The molecule has 0 saturated heterocycles. The molecule has 0 aliphatic carbocycles. The van der Waals surface area contributed by atoms with Crippen LogP contribution in [-0.2, 0) is 0 Å². The molecule has 3 aromatic carbocycles. The van der Waals surface area contributed by atoms with E-state index in [1.54, 1.807) is 24.3 Å². The maximum absolute atomic E-state index is 14.6. The van der Waals surface area contributed by atoms with Crippen LogP contribution in [0.3, 0.4) is 0 Å². The highest BCUT2D eigenvalue weighted by atomic mass is 19.1. The van der Waals surface area contributed by atoms with Crippen LogP contribution in [0.5, 0.6) is 0 Å². The van der Waals surface area contributed by atoms with Crippen LogP contribution in [0, 0.1) is 68.6 Å². The molecular formula is C24H4F4N4O2. The number of furan rings is 2. The monoisotopic (exact) mass is 456 g/mol. The standard InChI is InChI=1S/C24H4F4N4O2/c25-11-1-13-19-17(9(5-29)6-30)24-20(14-2-12(26)4-16(28)22(14)34-24)18(10(7-31)8-32)23(19)33-21(13)15(27)3-11/h1-4H. The van der Waals surface area contributed by atoms with Crippen LogP contribution in [0.2, 0.25) is 0 Å². The molecule has 0 atom stereocenters. The van der Waals surface area contributed by atoms with Gasteiger partial charge in [0, 0.05) is 33.7 Å². The molecule has 0 N–H and O–H groups in total. The number of hydrogen-bond acceptors (Lipinski definition) is 6. The van der Waals surface area contributed by atoms with Gasteiger partial charge < -0.3 is 8.83 Å². The molecule has 0 unspecified atom stereocenters. The van der Waals surface area contributed by atoms with Crippen molar-refractivity contribution in [1.82, 2.24) is 0 Å². The molecule has 160 valence electrons. The summed E-state index contributed by atoms with van der Waals surface area (Å²) in [6, 6.07) is 9.39. The third-order valence-corrected chi connectivity index (χ3v) is 5.32. The van der Waals surface area contributed by atoms with E-state index in [2.05, 4.69) is 0 Å². The van der Waals surface area contributed by atoms with Crippen molar-refractivity contribution in [2.45, 2.75) is 0 Å². The van der Waals surface area contributed by atoms with Gasteiger partial charge in [-0.3, -0.25) is 0 Å². The van der Waals surface area contributed by atoms with Gasteiger partial charge in [0.2, 0.25) is 0 Å². The molecule has 2 aromatic heterocycles. The highest BCUT2D eigenvalue weighted by molar-refractivity contribution is 6.18. The Morgan fingerprint density at radius 1 is 0.559 bits per heavy atom. The van der Waals surface area contributed by atoms with Crippen molar-refractivity contribution in [3.05, 3.63) is 58.0 Å². The molecule has 0 spiro atoms. The van der Waals surface area contributed by atoms with Crippen molar-refractivity contribution in [2.24, 2.45) is 0 Å². The zero-order valence-corrected chi connectivity index (χ0v) is 16.4. The van der Waals surface area contributed by atoms with Crippen molar-refractivity contribution in [2.75, 3.05) is 0 Å². The molecule has 0 saturated carbocycles. The van der Waals surface area contributed by atoms with E-state index in [1.165, 1.54) is 0 Å². The number of rotatable bonds is 0. The van der Waals surface area contributed by atoms with Gasteiger partial charge >= 0.3 is 0 Å². The van der Waals surface area contributed by atoms with Gasteiger partial charge in [0.25, 0.3) is 0 Å². The molecule has 0 aliphatic rings. The van der Waals surface area contributed by atoms with Crippen LogP contribution in [-0.4, -0.2) is 0 Å². The fourth-order valence-corrected chi connectivity index (χ4v) is 4.08. The second-order valence-electron chi connectivity index (χ2n) is 7.09. The molecule has 2 heterocycles. The Bertz CT molecular complexity index is 1880. The molecule has 34 heavy (non-hydrogen) atoms. The summed E-state index contributed by atoms with van der Waals surface area (Å²) in [5, 5.41) is 36.9. The van der Waals surface area contributed by atoms with Gasteiger partial charge in [-0.15, -0.1) is 0 Å². The highest BCUT2D eigenvalue weighted by Gasteiger charge is 2.25. The second-order valence-corrected chi connectivity index (χ2v) is 7.09. The number of nitriles is 4. The Balaban J connectivity index is 2.39. The molecular weight excluding hydrogens is 452 g/mol. The molecule has 10 heteroatoms. The lowest BCUT2D eigenvalue weighted by Crippen LogP contribution is -2.16. The molecule has 5 aromatic rings. The summed E-state index contributed by atoms with van der Waals surface area (Å²) in [7, 11) is 0. The molecule has 0 fully saturated rings. The molecule has 0 radical (unpaired) electrons. The average molecular weight is 456 g/mol. The van der Waals surface area contributed by atoms with Crippen molar-refractivity contribution < 1.29 is 26.4 Å². The minimum absolute atomic E-state index is 0.211. The van der Waals surface area contributed by atoms with Crippen LogP contribution < -0.4 is 10.4 Å². The zero-order chi connectivity index (χ0) is 24.3. The normalized spacial score (nSPS) is 10.8. The first-order valence-electron chi connectivity index (χ1n) is 9.28. The van der Waals surface area contributed by atoms with E-state index in [0.29, 0.717) is 12.1 Å². The van der Waals surface area contributed by atoms with Crippen molar-refractivity contribution in [1.29, 1.82) is 21.0 Å².